The largest absolute Gasteiger partial charge is 0.288 e. The van der Waals surface area contributed by atoms with Crippen LogP contribution in [-0.2, 0) is 6.54 Å². The summed E-state index contributed by atoms with van der Waals surface area (Å²) in [5, 5.41) is 1.13. The molecule has 2 aromatic heterocycles. The lowest BCUT2D eigenvalue weighted by Crippen LogP contribution is -2.24. The van der Waals surface area contributed by atoms with Crippen LogP contribution >= 0.6 is 35.2 Å². The van der Waals surface area contributed by atoms with Crippen LogP contribution < -0.4 is 5.56 Å². The van der Waals surface area contributed by atoms with E-state index in [-0.39, 0.29) is 17.9 Å². The first kappa shape index (κ1) is 19.2. The molecule has 148 valence electrons. The first-order valence-electron chi connectivity index (χ1n) is 9.21. The summed E-state index contributed by atoms with van der Waals surface area (Å²) < 4.78 is 18.6. The molecular formula is C23H14ClFN2OS2. The molecule has 5 aromatic rings. The van der Waals surface area contributed by atoms with Gasteiger partial charge in [-0.25, -0.2) is 4.39 Å². The summed E-state index contributed by atoms with van der Waals surface area (Å²) in [5.41, 5.74) is 2.48. The van der Waals surface area contributed by atoms with Crippen molar-refractivity contribution in [3.8, 4) is 10.4 Å². The van der Waals surface area contributed by atoms with Gasteiger partial charge in [-0.15, -0.1) is 11.3 Å². The lowest BCUT2D eigenvalue weighted by atomic mass is 10.1. The van der Waals surface area contributed by atoms with Crippen molar-refractivity contribution in [2.45, 2.75) is 6.54 Å². The van der Waals surface area contributed by atoms with Gasteiger partial charge in [0.25, 0.3) is 5.56 Å². The molecule has 0 amide bonds. The summed E-state index contributed by atoms with van der Waals surface area (Å²) in [7, 11) is 0. The molecule has 0 fully saturated rings. The number of thiazole rings is 1. The summed E-state index contributed by atoms with van der Waals surface area (Å²) >= 11 is 13.3. The average molecular weight is 453 g/mol. The molecule has 0 aliphatic heterocycles. The van der Waals surface area contributed by atoms with Gasteiger partial charge in [0, 0.05) is 10.6 Å². The fourth-order valence-electron chi connectivity index (χ4n) is 3.67. The van der Waals surface area contributed by atoms with Crippen molar-refractivity contribution in [3.63, 3.8) is 0 Å². The Morgan fingerprint density at radius 2 is 1.77 bits per heavy atom. The molecule has 0 unspecified atom stereocenters. The van der Waals surface area contributed by atoms with Gasteiger partial charge in [0.2, 0.25) is 0 Å². The summed E-state index contributed by atoms with van der Waals surface area (Å²) in [6.07, 6.45) is 0. The molecule has 0 radical (unpaired) electrons. The molecule has 7 heteroatoms. The van der Waals surface area contributed by atoms with Crippen molar-refractivity contribution in [2.24, 2.45) is 0 Å². The van der Waals surface area contributed by atoms with Gasteiger partial charge < -0.3 is 0 Å². The highest BCUT2D eigenvalue weighted by Crippen LogP contribution is 2.34. The van der Waals surface area contributed by atoms with Gasteiger partial charge in [0.05, 0.1) is 22.3 Å². The standard InChI is InChI=1S/C23H14ClFN2OS2/c24-16-8-5-7-14(12-16)20-21-26(13-15-6-1-3-10-18(15)25)22(28)17-9-2-4-11-19(17)27(21)23(29)30-20/h1-12H,13H2. The predicted molar refractivity (Wildman–Crippen MR) is 124 cm³/mol. The lowest BCUT2D eigenvalue weighted by molar-refractivity contribution is 0.599. The van der Waals surface area contributed by atoms with Crippen LogP contribution in [0.15, 0.2) is 77.6 Å². The van der Waals surface area contributed by atoms with Gasteiger partial charge in [-0.3, -0.25) is 13.8 Å². The van der Waals surface area contributed by atoms with E-state index in [9.17, 15) is 9.18 Å². The Morgan fingerprint density at radius 1 is 1.00 bits per heavy atom. The molecule has 30 heavy (non-hydrogen) atoms. The van der Waals surface area contributed by atoms with Crippen LogP contribution in [0.2, 0.25) is 5.02 Å². The van der Waals surface area contributed by atoms with E-state index in [2.05, 4.69) is 0 Å². The molecule has 3 nitrogen and oxygen atoms in total. The van der Waals surface area contributed by atoms with Crippen molar-refractivity contribution >= 4 is 51.7 Å². The quantitative estimate of drug-likeness (QED) is 0.290. The molecule has 2 heterocycles. The minimum atomic E-state index is -0.353. The van der Waals surface area contributed by atoms with Crippen molar-refractivity contribution in [1.82, 2.24) is 8.97 Å². The van der Waals surface area contributed by atoms with Crippen molar-refractivity contribution in [3.05, 3.63) is 104 Å². The van der Waals surface area contributed by atoms with E-state index in [0.717, 1.165) is 16.0 Å². The summed E-state index contributed by atoms with van der Waals surface area (Å²) in [6.45, 7) is 0.0961. The van der Waals surface area contributed by atoms with Crippen molar-refractivity contribution in [1.29, 1.82) is 0 Å². The van der Waals surface area contributed by atoms with E-state index >= 15 is 0 Å². The Bertz CT molecular complexity index is 1550. The number of para-hydroxylation sites is 1. The number of hydrogen-bond acceptors (Lipinski definition) is 3. The van der Waals surface area contributed by atoms with Gasteiger partial charge >= 0.3 is 0 Å². The number of halogens is 2. The topological polar surface area (TPSA) is 26.4 Å². The summed E-state index contributed by atoms with van der Waals surface area (Å²) in [6, 6.07) is 21.3. The Labute approximate surface area is 185 Å². The zero-order valence-corrected chi connectivity index (χ0v) is 17.9. The fraction of sp³-hybridized carbons (Fsp3) is 0.0435. The van der Waals surface area contributed by atoms with Gasteiger partial charge in [-0.1, -0.05) is 54.1 Å². The number of hydrogen-bond donors (Lipinski definition) is 0. The second-order valence-corrected chi connectivity index (χ2v) is 8.95. The molecule has 0 saturated heterocycles. The van der Waals surface area contributed by atoms with Crippen LogP contribution in [0, 0.1) is 9.77 Å². The maximum Gasteiger partial charge on any atom is 0.261 e. The monoisotopic (exact) mass is 452 g/mol. The minimum absolute atomic E-state index is 0.0961. The second-order valence-electron chi connectivity index (χ2n) is 6.87. The van der Waals surface area contributed by atoms with E-state index in [0.29, 0.717) is 25.6 Å². The first-order chi connectivity index (χ1) is 14.5. The zero-order chi connectivity index (χ0) is 20.8. The molecule has 0 bridgehead atoms. The number of benzene rings is 3. The maximum atomic E-state index is 14.4. The van der Waals surface area contributed by atoms with E-state index in [1.807, 2.05) is 40.8 Å². The molecule has 0 aliphatic rings. The van der Waals surface area contributed by atoms with Crippen LogP contribution in [0.5, 0.6) is 0 Å². The average Bonchev–Trinajstić information content (AvgIpc) is 3.10. The minimum Gasteiger partial charge on any atom is -0.288 e. The van der Waals surface area contributed by atoms with Crippen LogP contribution in [0.3, 0.4) is 0 Å². The van der Waals surface area contributed by atoms with Crippen molar-refractivity contribution < 1.29 is 4.39 Å². The molecule has 0 N–H and O–H groups in total. The van der Waals surface area contributed by atoms with E-state index in [1.165, 1.54) is 17.4 Å². The molecule has 3 aromatic carbocycles. The summed E-state index contributed by atoms with van der Waals surface area (Å²) in [4.78, 5) is 14.3. The van der Waals surface area contributed by atoms with Gasteiger partial charge in [-0.05, 0) is 48.1 Å². The Kier molecular flexibility index (Phi) is 4.77. The SMILES string of the molecule is O=c1c2ccccc2n2c(=S)sc(-c3cccc(Cl)c3)c2n1Cc1ccccc1F. The molecule has 5 rings (SSSR count). The predicted octanol–water partition coefficient (Wildman–Crippen LogP) is 6.55. The van der Waals surface area contributed by atoms with Gasteiger partial charge in [0.1, 0.15) is 11.5 Å². The number of aromatic nitrogens is 2. The third kappa shape index (κ3) is 3.08. The molecule has 0 saturated carbocycles. The number of fused-ring (bicyclic) bond motifs is 3. The lowest BCUT2D eigenvalue weighted by Gasteiger charge is -2.14. The first-order valence-corrected chi connectivity index (χ1v) is 10.8. The van der Waals surface area contributed by atoms with Gasteiger partial charge in [-0.2, -0.15) is 0 Å². The fourth-order valence-corrected chi connectivity index (χ4v) is 5.29. The van der Waals surface area contributed by atoms with Gasteiger partial charge in [0.15, 0.2) is 3.95 Å². The smallest absolute Gasteiger partial charge is 0.261 e. The molecular weight excluding hydrogens is 439 g/mol. The molecule has 0 aliphatic carbocycles. The van der Waals surface area contributed by atoms with Crippen LogP contribution in [0.4, 0.5) is 4.39 Å². The van der Waals surface area contributed by atoms with Crippen molar-refractivity contribution in [2.75, 3.05) is 0 Å². The Balaban J connectivity index is 1.93. The number of rotatable bonds is 3. The highest BCUT2D eigenvalue weighted by molar-refractivity contribution is 7.73. The Morgan fingerprint density at radius 3 is 2.57 bits per heavy atom. The van der Waals surface area contributed by atoms with Crippen LogP contribution in [0.1, 0.15) is 5.56 Å². The third-order valence-electron chi connectivity index (χ3n) is 5.04. The van der Waals surface area contributed by atoms with E-state index in [4.69, 9.17) is 23.8 Å². The maximum absolute atomic E-state index is 14.4. The van der Waals surface area contributed by atoms with Crippen LogP contribution in [-0.4, -0.2) is 8.97 Å². The third-order valence-corrected chi connectivity index (χ3v) is 6.68. The Hall–Kier alpha value is -2.80. The highest BCUT2D eigenvalue weighted by Gasteiger charge is 2.19. The normalized spacial score (nSPS) is 11.4. The molecule has 0 spiro atoms. The number of nitrogens with zero attached hydrogens (tertiary/aromatic N) is 2. The zero-order valence-electron chi connectivity index (χ0n) is 15.5. The van der Waals surface area contributed by atoms with E-state index in [1.54, 1.807) is 34.9 Å². The summed E-state index contributed by atoms with van der Waals surface area (Å²) in [5.74, 6) is -0.353. The highest BCUT2D eigenvalue weighted by atomic mass is 35.5. The molecule has 0 atom stereocenters. The second kappa shape index (κ2) is 7.47. The van der Waals surface area contributed by atoms with Crippen LogP contribution in [0.25, 0.3) is 27.0 Å². The van der Waals surface area contributed by atoms with E-state index < -0.39 is 0 Å².